The van der Waals surface area contributed by atoms with Crippen molar-refractivity contribution in [3.63, 3.8) is 0 Å². The summed E-state index contributed by atoms with van der Waals surface area (Å²) in [7, 11) is 0. The fourth-order valence-electron chi connectivity index (χ4n) is 1.36. The zero-order valence-corrected chi connectivity index (χ0v) is 7.75. The topological polar surface area (TPSA) is 49.4 Å². The quantitative estimate of drug-likeness (QED) is 0.607. The Morgan fingerprint density at radius 3 is 3.15 bits per heavy atom. The highest BCUT2D eigenvalue weighted by Gasteiger charge is 2.28. The van der Waals surface area contributed by atoms with E-state index in [1.54, 1.807) is 17.9 Å². The van der Waals surface area contributed by atoms with Gasteiger partial charge in [-0.3, -0.25) is 9.59 Å². The summed E-state index contributed by atoms with van der Waals surface area (Å²) < 4.78 is 0. The molecule has 4 heteroatoms. The van der Waals surface area contributed by atoms with E-state index in [2.05, 4.69) is 11.9 Å². The van der Waals surface area contributed by atoms with Crippen molar-refractivity contribution < 1.29 is 9.59 Å². The van der Waals surface area contributed by atoms with E-state index in [-0.39, 0.29) is 17.9 Å². The number of amides is 2. The van der Waals surface area contributed by atoms with Gasteiger partial charge in [-0.25, -0.2) is 0 Å². The Bertz CT molecular complexity index is 238. The lowest BCUT2D eigenvalue weighted by Crippen LogP contribution is -2.55. The first-order chi connectivity index (χ1) is 6.16. The van der Waals surface area contributed by atoms with Gasteiger partial charge in [0.2, 0.25) is 11.8 Å². The summed E-state index contributed by atoms with van der Waals surface area (Å²) in [5, 5.41) is 2.70. The number of carbonyl (C=O) groups excluding carboxylic acids is 2. The Morgan fingerprint density at radius 2 is 2.54 bits per heavy atom. The number of nitrogens with zero attached hydrogens (tertiary/aromatic N) is 1. The van der Waals surface area contributed by atoms with Crippen LogP contribution in [0.1, 0.15) is 13.3 Å². The number of hydrogen-bond donors (Lipinski definition) is 1. The van der Waals surface area contributed by atoms with Crippen LogP contribution in [0.5, 0.6) is 0 Å². The van der Waals surface area contributed by atoms with E-state index in [0.29, 0.717) is 19.5 Å². The molecule has 4 nitrogen and oxygen atoms in total. The van der Waals surface area contributed by atoms with Crippen LogP contribution in [0.25, 0.3) is 0 Å². The van der Waals surface area contributed by atoms with E-state index in [1.165, 1.54) is 0 Å². The molecule has 13 heavy (non-hydrogen) atoms. The zero-order valence-electron chi connectivity index (χ0n) is 7.75. The molecule has 0 aliphatic carbocycles. The first kappa shape index (κ1) is 9.77. The van der Waals surface area contributed by atoms with Gasteiger partial charge in [0.1, 0.15) is 6.04 Å². The molecule has 1 unspecified atom stereocenters. The average Bonchev–Trinajstić information content (AvgIpc) is 2.10. The second-order valence-electron chi connectivity index (χ2n) is 3.05. The van der Waals surface area contributed by atoms with Gasteiger partial charge in [0, 0.05) is 19.5 Å². The van der Waals surface area contributed by atoms with Crippen LogP contribution in [0.3, 0.4) is 0 Å². The molecule has 0 aromatic rings. The van der Waals surface area contributed by atoms with Crippen LogP contribution >= 0.6 is 0 Å². The van der Waals surface area contributed by atoms with Crippen LogP contribution in [0.2, 0.25) is 0 Å². The summed E-state index contributed by atoms with van der Waals surface area (Å²) in [6, 6.07) is -0.346. The van der Waals surface area contributed by atoms with Gasteiger partial charge in [-0.15, -0.1) is 6.58 Å². The van der Waals surface area contributed by atoms with Crippen molar-refractivity contribution in [1.29, 1.82) is 0 Å². The van der Waals surface area contributed by atoms with Gasteiger partial charge >= 0.3 is 0 Å². The van der Waals surface area contributed by atoms with Crippen molar-refractivity contribution in [2.45, 2.75) is 19.4 Å². The Kier molecular flexibility index (Phi) is 3.06. The lowest BCUT2D eigenvalue weighted by atomic mass is 10.2. The van der Waals surface area contributed by atoms with Gasteiger partial charge in [-0.2, -0.15) is 0 Å². The van der Waals surface area contributed by atoms with Gasteiger partial charge in [0.05, 0.1) is 0 Å². The fraction of sp³-hybridized carbons (Fsp3) is 0.556. The van der Waals surface area contributed by atoms with E-state index >= 15 is 0 Å². The van der Waals surface area contributed by atoms with Gasteiger partial charge in [0.15, 0.2) is 0 Å². The third-order valence-corrected chi connectivity index (χ3v) is 2.14. The second-order valence-corrected chi connectivity index (χ2v) is 3.05. The maximum Gasteiger partial charge on any atom is 0.242 e. The molecular formula is C9H14N2O2. The Morgan fingerprint density at radius 1 is 1.85 bits per heavy atom. The standard InChI is InChI=1S/C9H14N2O2/c1-3-4-8(12)11-6-5-10-9(13)7(11)2/h3,7H,1,4-6H2,2H3,(H,10,13). The van der Waals surface area contributed by atoms with E-state index in [0.717, 1.165) is 0 Å². The largest absolute Gasteiger partial charge is 0.353 e. The molecule has 72 valence electrons. The van der Waals surface area contributed by atoms with Crippen LogP contribution in [-0.4, -0.2) is 35.8 Å². The summed E-state index contributed by atoms with van der Waals surface area (Å²) in [4.78, 5) is 24.2. The number of hydrogen-bond acceptors (Lipinski definition) is 2. The minimum absolute atomic E-state index is 0.0302. The summed E-state index contributed by atoms with van der Waals surface area (Å²) in [6.45, 7) is 6.37. The smallest absolute Gasteiger partial charge is 0.242 e. The van der Waals surface area contributed by atoms with E-state index in [4.69, 9.17) is 0 Å². The number of nitrogens with one attached hydrogen (secondary N) is 1. The molecule has 0 aromatic carbocycles. The van der Waals surface area contributed by atoms with Crippen LogP contribution in [-0.2, 0) is 9.59 Å². The molecular weight excluding hydrogens is 168 g/mol. The van der Waals surface area contributed by atoms with E-state index < -0.39 is 0 Å². The maximum atomic E-state index is 11.4. The van der Waals surface area contributed by atoms with Gasteiger partial charge < -0.3 is 10.2 Å². The minimum Gasteiger partial charge on any atom is -0.353 e. The molecule has 1 rings (SSSR count). The van der Waals surface area contributed by atoms with Crippen molar-refractivity contribution in [3.05, 3.63) is 12.7 Å². The third-order valence-electron chi connectivity index (χ3n) is 2.14. The van der Waals surface area contributed by atoms with Crippen LogP contribution < -0.4 is 5.32 Å². The lowest BCUT2D eigenvalue weighted by Gasteiger charge is -2.32. The first-order valence-corrected chi connectivity index (χ1v) is 4.35. The number of piperazine rings is 1. The van der Waals surface area contributed by atoms with Crippen molar-refractivity contribution >= 4 is 11.8 Å². The first-order valence-electron chi connectivity index (χ1n) is 4.35. The van der Waals surface area contributed by atoms with E-state index in [1.807, 2.05) is 0 Å². The van der Waals surface area contributed by atoms with Gasteiger partial charge in [0.25, 0.3) is 0 Å². The van der Waals surface area contributed by atoms with Crippen molar-refractivity contribution in [1.82, 2.24) is 10.2 Å². The Balaban J connectivity index is 2.62. The predicted octanol–water partition coefficient (Wildman–Crippen LogP) is -0.0906. The fourth-order valence-corrected chi connectivity index (χ4v) is 1.36. The molecule has 1 N–H and O–H groups in total. The molecule has 0 aromatic heterocycles. The highest BCUT2D eigenvalue weighted by Crippen LogP contribution is 2.05. The molecule has 0 spiro atoms. The lowest BCUT2D eigenvalue weighted by molar-refractivity contribution is -0.141. The van der Waals surface area contributed by atoms with E-state index in [9.17, 15) is 9.59 Å². The van der Waals surface area contributed by atoms with Crippen LogP contribution in [0, 0.1) is 0 Å². The molecule has 1 fully saturated rings. The maximum absolute atomic E-state index is 11.4. The predicted molar refractivity (Wildman–Crippen MR) is 49.0 cm³/mol. The minimum atomic E-state index is -0.346. The molecule has 0 saturated carbocycles. The SMILES string of the molecule is C=CCC(=O)N1CCNC(=O)C1C. The van der Waals surface area contributed by atoms with Crippen molar-refractivity contribution in [2.24, 2.45) is 0 Å². The average molecular weight is 182 g/mol. The summed E-state index contributed by atoms with van der Waals surface area (Å²) >= 11 is 0. The van der Waals surface area contributed by atoms with Crippen molar-refractivity contribution in [3.8, 4) is 0 Å². The molecule has 0 radical (unpaired) electrons. The Labute approximate surface area is 77.6 Å². The molecule has 1 saturated heterocycles. The molecule has 2 amide bonds. The van der Waals surface area contributed by atoms with Crippen LogP contribution in [0.15, 0.2) is 12.7 Å². The Hall–Kier alpha value is -1.32. The molecule has 1 aliphatic rings. The van der Waals surface area contributed by atoms with Gasteiger partial charge in [-0.05, 0) is 6.92 Å². The second kappa shape index (κ2) is 4.07. The molecule has 1 heterocycles. The molecule has 1 atom stereocenters. The zero-order chi connectivity index (χ0) is 9.84. The number of carbonyl (C=O) groups is 2. The monoisotopic (exact) mass is 182 g/mol. The molecule has 0 bridgehead atoms. The number of rotatable bonds is 2. The van der Waals surface area contributed by atoms with Crippen LogP contribution in [0.4, 0.5) is 0 Å². The summed E-state index contributed by atoms with van der Waals surface area (Å²) in [5.41, 5.74) is 0. The third kappa shape index (κ3) is 2.08. The molecule has 1 aliphatic heterocycles. The summed E-state index contributed by atoms with van der Waals surface area (Å²) in [5.74, 6) is -0.110. The van der Waals surface area contributed by atoms with Gasteiger partial charge in [-0.1, -0.05) is 6.08 Å². The van der Waals surface area contributed by atoms with Crippen molar-refractivity contribution in [2.75, 3.05) is 13.1 Å². The highest BCUT2D eigenvalue weighted by molar-refractivity contribution is 5.88. The highest BCUT2D eigenvalue weighted by atomic mass is 16.2. The summed E-state index contributed by atoms with van der Waals surface area (Å²) in [6.07, 6.45) is 1.86. The normalized spacial score (nSPS) is 22.4.